The summed E-state index contributed by atoms with van der Waals surface area (Å²) in [6.45, 7) is 1.43. The Morgan fingerprint density at radius 3 is 2.38 bits per heavy atom. The molecule has 1 aromatic carbocycles. The number of nitrogens with zero attached hydrogens (tertiary/aromatic N) is 2. The summed E-state index contributed by atoms with van der Waals surface area (Å²) in [6.07, 6.45) is 5.36. The van der Waals surface area contributed by atoms with Crippen molar-refractivity contribution in [3.8, 4) is 5.75 Å². The number of hydrogen-bond donors (Lipinski definition) is 0. The summed E-state index contributed by atoms with van der Waals surface area (Å²) in [6, 6.07) is 7.25. The predicted octanol–water partition coefficient (Wildman–Crippen LogP) is 1.86. The number of carbonyl (C=O) groups is 1. The van der Waals surface area contributed by atoms with Crippen LogP contribution in [0.5, 0.6) is 5.75 Å². The summed E-state index contributed by atoms with van der Waals surface area (Å²) in [5, 5.41) is 0. The van der Waals surface area contributed by atoms with Crippen LogP contribution < -0.4 is 4.74 Å². The average Bonchev–Trinajstić information content (AvgIpc) is 2.83. The maximum absolute atomic E-state index is 12.5. The van der Waals surface area contributed by atoms with E-state index in [1.54, 1.807) is 18.1 Å². The molecular weight excluding hydrogens is 328 g/mol. The van der Waals surface area contributed by atoms with Gasteiger partial charge in [0.1, 0.15) is 5.75 Å². The highest BCUT2D eigenvalue weighted by molar-refractivity contribution is 7.88. The molecule has 1 amide bonds. The molecule has 0 bridgehead atoms. The van der Waals surface area contributed by atoms with Crippen molar-refractivity contribution in [1.82, 2.24) is 9.21 Å². The van der Waals surface area contributed by atoms with Gasteiger partial charge < -0.3 is 9.64 Å². The monoisotopic (exact) mass is 354 g/mol. The van der Waals surface area contributed by atoms with E-state index in [1.165, 1.54) is 4.31 Å². The number of carbonyl (C=O) groups excluding carboxylic acids is 1. The fourth-order valence-electron chi connectivity index (χ4n) is 2.88. The van der Waals surface area contributed by atoms with Crippen LogP contribution in [0.3, 0.4) is 0 Å². The van der Waals surface area contributed by atoms with Gasteiger partial charge >= 0.3 is 0 Å². The van der Waals surface area contributed by atoms with Crippen LogP contribution >= 0.6 is 0 Å². The Morgan fingerprint density at radius 1 is 1.17 bits per heavy atom. The lowest BCUT2D eigenvalue weighted by Gasteiger charge is -2.25. The second-order valence-corrected chi connectivity index (χ2v) is 8.12. The normalized spacial score (nSPS) is 16.0. The van der Waals surface area contributed by atoms with Crippen molar-refractivity contribution in [3.63, 3.8) is 0 Å². The van der Waals surface area contributed by atoms with Gasteiger partial charge in [-0.25, -0.2) is 8.42 Å². The van der Waals surface area contributed by atoms with Crippen LogP contribution in [0, 0.1) is 0 Å². The molecule has 0 atom stereocenters. The minimum absolute atomic E-state index is 0.127. The third-order valence-corrected chi connectivity index (χ3v) is 5.47. The van der Waals surface area contributed by atoms with Crippen LogP contribution in [0.1, 0.15) is 31.2 Å². The molecular formula is C17H26N2O4S. The molecule has 0 saturated carbocycles. The van der Waals surface area contributed by atoms with Gasteiger partial charge in [0.2, 0.25) is 15.9 Å². The molecule has 1 aromatic rings. The van der Waals surface area contributed by atoms with Gasteiger partial charge in [0.15, 0.2) is 0 Å². The number of para-hydroxylation sites is 1. The smallest absolute Gasteiger partial charge is 0.237 e. The molecule has 2 rings (SSSR count). The van der Waals surface area contributed by atoms with Crippen molar-refractivity contribution in [2.24, 2.45) is 0 Å². The Hall–Kier alpha value is -1.60. The number of hydrogen-bond acceptors (Lipinski definition) is 4. The summed E-state index contributed by atoms with van der Waals surface area (Å²) >= 11 is 0. The topological polar surface area (TPSA) is 66.9 Å². The number of likely N-dealkylation sites (tertiary alicyclic amines) is 1. The van der Waals surface area contributed by atoms with Crippen molar-refractivity contribution in [3.05, 3.63) is 29.8 Å². The predicted molar refractivity (Wildman–Crippen MR) is 93.3 cm³/mol. The Bertz CT molecular complexity index is 652. The third kappa shape index (κ3) is 5.21. The van der Waals surface area contributed by atoms with Crippen molar-refractivity contribution in [2.75, 3.05) is 33.0 Å². The first kappa shape index (κ1) is 18.7. The largest absolute Gasteiger partial charge is 0.496 e. The number of methoxy groups -OCH3 is 1. The van der Waals surface area contributed by atoms with Crippen LogP contribution in [0.15, 0.2) is 24.3 Å². The minimum Gasteiger partial charge on any atom is -0.496 e. The lowest BCUT2D eigenvalue weighted by atomic mass is 10.2. The molecule has 1 heterocycles. The summed E-state index contributed by atoms with van der Waals surface area (Å²) in [5.41, 5.74) is 0.745. The summed E-state index contributed by atoms with van der Waals surface area (Å²) in [7, 11) is -1.95. The molecule has 24 heavy (non-hydrogen) atoms. The molecule has 0 radical (unpaired) electrons. The second-order valence-electron chi connectivity index (χ2n) is 6.14. The lowest BCUT2D eigenvalue weighted by Crippen LogP contribution is -2.42. The Labute approximate surface area is 144 Å². The summed E-state index contributed by atoms with van der Waals surface area (Å²) in [5.74, 6) is 0.491. The van der Waals surface area contributed by atoms with Crippen LogP contribution in [-0.2, 0) is 21.4 Å². The molecule has 1 fully saturated rings. The second kappa shape index (κ2) is 8.48. The van der Waals surface area contributed by atoms with Crippen LogP contribution in [-0.4, -0.2) is 56.5 Å². The molecule has 0 spiro atoms. The molecule has 1 saturated heterocycles. The van der Waals surface area contributed by atoms with E-state index in [1.807, 2.05) is 18.2 Å². The molecule has 0 unspecified atom stereocenters. The van der Waals surface area contributed by atoms with Gasteiger partial charge in [0.25, 0.3) is 0 Å². The molecule has 0 aromatic heterocycles. The zero-order valence-electron chi connectivity index (χ0n) is 14.4. The SMILES string of the molecule is COc1ccccc1CN(CC(=O)N1CCCCCC1)S(C)(=O)=O. The number of amides is 1. The fraction of sp³-hybridized carbons (Fsp3) is 0.588. The molecule has 6 nitrogen and oxygen atoms in total. The maximum Gasteiger partial charge on any atom is 0.237 e. The van der Waals surface area contributed by atoms with Crippen molar-refractivity contribution in [2.45, 2.75) is 32.2 Å². The van der Waals surface area contributed by atoms with E-state index in [-0.39, 0.29) is 19.0 Å². The van der Waals surface area contributed by atoms with Crippen molar-refractivity contribution < 1.29 is 17.9 Å². The zero-order valence-corrected chi connectivity index (χ0v) is 15.2. The van der Waals surface area contributed by atoms with E-state index >= 15 is 0 Å². The fourth-order valence-corrected chi connectivity index (χ4v) is 3.60. The lowest BCUT2D eigenvalue weighted by molar-refractivity contribution is -0.131. The maximum atomic E-state index is 12.5. The zero-order chi connectivity index (χ0) is 17.6. The quantitative estimate of drug-likeness (QED) is 0.782. The number of rotatable bonds is 6. The first-order valence-corrected chi connectivity index (χ1v) is 10.1. The van der Waals surface area contributed by atoms with Gasteiger partial charge in [0.05, 0.1) is 19.9 Å². The highest BCUT2D eigenvalue weighted by Gasteiger charge is 2.25. The van der Waals surface area contributed by atoms with E-state index < -0.39 is 10.0 Å². The van der Waals surface area contributed by atoms with E-state index in [9.17, 15) is 13.2 Å². The first-order chi connectivity index (χ1) is 11.4. The van der Waals surface area contributed by atoms with E-state index in [4.69, 9.17) is 4.74 Å². The number of benzene rings is 1. The Balaban J connectivity index is 2.12. The minimum atomic E-state index is -3.50. The molecule has 0 N–H and O–H groups in total. The van der Waals surface area contributed by atoms with Gasteiger partial charge in [0, 0.05) is 25.2 Å². The summed E-state index contributed by atoms with van der Waals surface area (Å²) in [4.78, 5) is 14.3. The van der Waals surface area contributed by atoms with Crippen LogP contribution in [0.25, 0.3) is 0 Å². The molecule has 0 aliphatic carbocycles. The van der Waals surface area contributed by atoms with Gasteiger partial charge in [-0.2, -0.15) is 4.31 Å². The highest BCUT2D eigenvalue weighted by Crippen LogP contribution is 2.20. The molecule has 1 aliphatic heterocycles. The van der Waals surface area contributed by atoms with E-state index in [0.29, 0.717) is 18.8 Å². The molecule has 134 valence electrons. The Kier molecular flexibility index (Phi) is 6.62. The standard InChI is InChI=1S/C17H26N2O4S/c1-23-16-10-6-5-9-15(16)13-19(24(2,21)22)14-17(20)18-11-7-3-4-8-12-18/h5-6,9-10H,3-4,7-8,11-14H2,1-2H3. The van der Waals surface area contributed by atoms with Crippen molar-refractivity contribution in [1.29, 1.82) is 0 Å². The van der Waals surface area contributed by atoms with Gasteiger partial charge in [-0.15, -0.1) is 0 Å². The van der Waals surface area contributed by atoms with E-state index in [2.05, 4.69) is 0 Å². The highest BCUT2D eigenvalue weighted by atomic mass is 32.2. The molecule has 7 heteroatoms. The van der Waals surface area contributed by atoms with Gasteiger partial charge in [-0.05, 0) is 18.9 Å². The number of ether oxygens (including phenoxy) is 1. The average molecular weight is 354 g/mol. The van der Waals surface area contributed by atoms with Crippen LogP contribution in [0.2, 0.25) is 0 Å². The molecule has 1 aliphatic rings. The van der Waals surface area contributed by atoms with E-state index in [0.717, 1.165) is 37.5 Å². The van der Waals surface area contributed by atoms with Gasteiger partial charge in [-0.3, -0.25) is 4.79 Å². The van der Waals surface area contributed by atoms with Crippen LogP contribution in [0.4, 0.5) is 0 Å². The first-order valence-electron chi connectivity index (χ1n) is 8.26. The van der Waals surface area contributed by atoms with Crippen molar-refractivity contribution >= 4 is 15.9 Å². The summed E-state index contributed by atoms with van der Waals surface area (Å²) < 4.78 is 30.8. The number of sulfonamides is 1. The Morgan fingerprint density at radius 2 is 1.79 bits per heavy atom. The third-order valence-electron chi connectivity index (χ3n) is 4.28. The van der Waals surface area contributed by atoms with Gasteiger partial charge in [-0.1, -0.05) is 31.0 Å².